The van der Waals surface area contributed by atoms with Crippen LogP contribution >= 0.6 is 12.4 Å². The Morgan fingerprint density at radius 3 is 2.34 bits per heavy atom. The minimum atomic E-state index is 0. The molecule has 154 valence electrons. The molecule has 0 bridgehead atoms. The predicted octanol–water partition coefficient (Wildman–Crippen LogP) is 5.49. The van der Waals surface area contributed by atoms with Crippen molar-refractivity contribution in [1.29, 1.82) is 0 Å². The molecular formula is C24H28ClNO3. The molecule has 0 unspecified atom stereocenters. The third-order valence-electron chi connectivity index (χ3n) is 5.71. The zero-order chi connectivity index (χ0) is 19.7. The summed E-state index contributed by atoms with van der Waals surface area (Å²) in [6.45, 7) is 6.77. The summed E-state index contributed by atoms with van der Waals surface area (Å²) in [6.07, 6.45) is 3.71. The van der Waals surface area contributed by atoms with Crippen LogP contribution in [-0.2, 0) is 6.54 Å². The highest BCUT2D eigenvalue weighted by Crippen LogP contribution is 2.33. The zero-order valence-electron chi connectivity index (χ0n) is 17.3. The topological polar surface area (TPSA) is 42.7 Å². The van der Waals surface area contributed by atoms with Crippen LogP contribution in [-0.4, -0.2) is 25.1 Å². The highest BCUT2D eigenvalue weighted by atomic mass is 35.5. The first-order valence-electron chi connectivity index (χ1n) is 10.0. The Bertz CT molecular complexity index is 1050. The van der Waals surface area contributed by atoms with E-state index in [2.05, 4.69) is 11.8 Å². The molecule has 4 nitrogen and oxygen atoms in total. The van der Waals surface area contributed by atoms with Gasteiger partial charge in [-0.15, -0.1) is 12.4 Å². The molecule has 2 aromatic carbocycles. The summed E-state index contributed by atoms with van der Waals surface area (Å²) in [4.78, 5) is 15.5. The average molecular weight is 414 g/mol. The molecule has 3 aromatic rings. The molecule has 1 aliphatic heterocycles. The number of likely N-dealkylation sites (tertiary alicyclic amines) is 1. The second-order valence-electron chi connectivity index (χ2n) is 7.71. The van der Waals surface area contributed by atoms with Gasteiger partial charge in [-0.1, -0.05) is 36.2 Å². The highest BCUT2D eigenvalue weighted by molar-refractivity contribution is 5.85. The summed E-state index contributed by atoms with van der Waals surface area (Å²) in [5.74, 6) is 1.42. The Morgan fingerprint density at radius 2 is 1.69 bits per heavy atom. The first-order chi connectivity index (χ1) is 13.6. The maximum Gasteiger partial charge on any atom is 0.196 e. The number of ether oxygens (including phenoxy) is 1. The lowest BCUT2D eigenvalue weighted by Crippen LogP contribution is -2.29. The Labute approximate surface area is 177 Å². The van der Waals surface area contributed by atoms with Crippen molar-refractivity contribution in [3.63, 3.8) is 0 Å². The fourth-order valence-corrected chi connectivity index (χ4v) is 4.05. The number of methoxy groups -OCH3 is 1. The van der Waals surface area contributed by atoms with E-state index < -0.39 is 0 Å². The Hall–Kier alpha value is -2.30. The summed E-state index contributed by atoms with van der Waals surface area (Å²) in [5.41, 5.74) is 4.39. The van der Waals surface area contributed by atoms with Crippen LogP contribution < -0.4 is 10.2 Å². The third kappa shape index (κ3) is 4.19. The molecule has 2 heterocycles. The van der Waals surface area contributed by atoms with Gasteiger partial charge in [0.05, 0.1) is 18.1 Å². The van der Waals surface area contributed by atoms with E-state index in [1.807, 2.05) is 43.3 Å². The van der Waals surface area contributed by atoms with Gasteiger partial charge in [0, 0.05) is 17.7 Å². The monoisotopic (exact) mass is 413 g/mol. The van der Waals surface area contributed by atoms with Crippen molar-refractivity contribution in [2.24, 2.45) is 0 Å². The number of piperidine rings is 1. The van der Waals surface area contributed by atoms with Crippen LogP contribution in [0.5, 0.6) is 5.75 Å². The quantitative estimate of drug-likeness (QED) is 0.567. The van der Waals surface area contributed by atoms with Crippen molar-refractivity contribution in [2.45, 2.75) is 39.7 Å². The molecule has 29 heavy (non-hydrogen) atoms. The highest BCUT2D eigenvalue weighted by Gasteiger charge is 2.20. The van der Waals surface area contributed by atoms with Crippen LogP contribution in [0.3, 0.4) is 0 Å². The molecule has 1 aliphatic rings. The van der Waals surface area contributed by atoms with E-state index in [0.717, 1.165) is 36.5 Å². The van der Waals surface area contributed by atoms with Crippen LogP contribution in [0, 0.1) is 13.8 Å². The lowest BCUT2D eigenvalue weighted by Gasteiger charge is -2.27. The summed E-state index contributed by atoms with van der Waals surface area (Å²) in [5, 5.41) is 0.626. The number of nitrogens with zero attached hydrogens (tertiary/aromatic N) is 1. The molecule has 0 amide bonds. The molecule has 1 saturated heterocycles. The number of aryl methyl sites for hydroxylation is 1. The summed E-state index contributed by atoms with van der Waals surface area (Å²) in [6, 6.07) is 11.8. The number of rotatable bonds is 4. The fourth-order valence-electron chi connectivity index (χ4n) is 4.05. The second kappa shape index (κ2) is 9.02. The van der Waals surface area contributed by atoms with Gasteiger partial charge >= 0.3 is 0 Å². The Morgan fingerprint density at radius 1 is 1.00 bits per heavy atom. The molecule has 0 N–H and O–H groups in total. The average Bonchev–Trinajstić information content (AvgIpc) is 2.72. The predicted molar refractivity (Wildman–Crippen MR) is 120 cm³/mol. The number of benzene rings is 2. The normalized spacial score (nSPS) is 14.6. The van der Waals surface area contributed by atoms with Crippen molar-refractivity contribution in [2.75, 3.05) is 20.2 Å². The molecule has 0 saturated carbocycles. The zero-order valence-corrected chi connectivity index (χ0v) is 18.1. The van der Waals surface area contributed by atoms with Crippen molar-refractivity contribution >= 4 is 23.4 Å². The van der Waals surface area contributed by atoms with Gasteiger partial charge in [-0.05, 0) is 51.9 Å². The summed E-state index contributed by atoms with van der Waals surface area (Å²) >= 11 is 0. The van der Waals surface area contributed by atoms with Gasteiger partial charge in [-0.2, -0.15) is 0 Å². The van der Waals surface area contributed by atoms with E-state index in [4.69, 9.17) is 9.15 Å². The molecule has 0 aliphatic carbocycles. The maximum atomic E-state index is 13.1. The largest absolute Gasteiger partial charge is 0.496 e. The molecule has 1 aromatic heterocycles. The van der Waals surface area contributed by atoms with E-state index in [-0.39, 0.29) is 17.8 Å². The lowest BCUT2D eigenvalue weighted by atomic mass is 10.0. The van der Waals surface area contributed by atoms with Gasteiger partial charge in [-0.3, -0.25) is 9.69 Å². The molecule has 5 heteroatoms. The van der Waals surface area contributed by atoms with Crippen LogP contribution in [0.25, 0.3) is 22.3 Å². The van der Waals surface area contributed by atoms with E-state index >= 15 is 0 Å². The summed E-state index contributed by atoms with van der Waals surface area (Å²) < 4.78 is 12.0. The molecule has 0 atom stereocenters. The molecule has 1 fully saturated rings. The van der Waals surface area contributed by atoms with Crippen molar-refractivity contribution in [3.05, 3.63) is 63.3 Å². The number of halogens is 1. The van der Waals surface area contributed by atoms with Crippen LogP contribution in [0.1, 0.15) is 36.0 Å². The van der Waals surface area contributed by atoms with Crippen LogP contribution in [0.4, 0.5) is 0 Å². The Balaban J connectivity index is 0.00000240. The molecule has 0 spiro atoms. The van der Waals surface area contributed by atoms with Gasteiger partial charge in [0.1, 0.15) is 17.1 Å². The third-order valence-corrected chi connectivity index (χ3v) is 5.71. The van der Waals surface area contributed by atoms with Gasteiger partial charge in [0.15, 0.2) is 5.43 Å². The maximum absolute atomic E-state index is 13.1. The fraction of sp³-hybridized carbons (Fsp3) is 0.375. The van der Waals surface area contributed by atoms with E-state index in [1.54, 1.807) is 7.11 Å². The van der Waals surface area contributed by atoms with Gasteiger partial charge in [-0.25, -0.2) is 0 Å². The van der Waals surface area contributed by atoms with Gasteiger partial charge in [0.25, 0.3) is 0 Å². The SMILES string of the molecule is COc1ccc2c(=O)c(C)c(-c3ccc(C)cc3)oc2c1CN1CCCCC1.Cl. The first-order valence-corrected chi connectivity index (χ1v) is 10.0. The number of hydrogen-bond acceptors (Lipinski definition) is 4. The van der Waals surface area contributed by atoms with Crippen LogP contribution in [0.15, 0.2) is 45.6 Å². The Kier molecular flexibility index (Phi) is 6.66. The van der Waals surface area contributed by atoms with Crippen LogP contribution in [0.2, 0.25) is 0 Å². The molecule has 0 radical (unpaired) electrons. The smallest absolute Gasteiger partial charge is 0.196 e. The second-order valence-corrected chi connectivity index (χ2v) is 7.71. The number of fused-ring (bicyclic) bond motifs is 1. The minimum Gasteiger partial charge on any atom is -0.496 e. The standard InChI is InChI=1S/C24H27NO3.ClH/c1-16-7-9-18(10-8-16)23-17(2)22(26)19-11-12-21(27-3)20(24(19)28-23)15-25-13-5-4-6-14-25;/h7-12H,4-6,13-15H2,1-3H3;1H. The van der Waals surface area contributed by atoms with Crippen molar-refractivity contribution in [3.8, 4) is 17.1 Å². The van der Waals surface area contributed by atoms with Crippen molar-refractivity contribution < 1.29 is 9.15 Å². The number of hydrogen-bond donors (Lipinski definition) is 0. The van der Waals surface area contributed by atoms with Crippen molar-refractivity contribution in [1.82, 2.24) is 4.90 Å². The van der Waals surface area contributed by atoms with E-state index in [1.165, 1.54) is 24.8 Å². The van der Waals surface area contributed by atoms with E-state index in [9.17, 15) is 4.79 Å². The van der Waals surface area contributed by atoms with E-state index in [0.29, 0.717) is 22.3 Å². The van der Waals surface area contributed by atoms with Gasteiger partial charge in [0.2, 0.25) is 0 Å². The van der Waals surface area contributed by atoms with Gasteiger partial charge < -0.3 is 9.15 Å². The lowest BCUT2D eigenvalue weighted by molar-refractivity contribution is 0.218. The molecular weight excluding hydrogens is 386 g/mol. The summed E-state index contributed by atoms with van der Waals surface area (Å²) in [7, 11) is 1.67. The first kappa shape index (κ1) is 21.4. The molecule has 4 rings (SSSR count). The minimum absolute atomic E-state index is 0.